The number of carbonyl (C=O) groups excluding carboxylic acids is 1. The maximum absolute atomic E-state index is 12.3. The van der Waals surface area contributed by atoms with Gasteiger partial charge in [-0.1, -0.05) is 25.1 Å². The Hall–Kier alpha value is -2.96. The highest BCUT2D eigenvalue weighted by molar-refractivity contribution is 7.93. The van der Waals surface area contributed by atoms with E-state index in [4.69, 9.17) is 0 Å². The summed E-state index contributed by atoms with van der Waals surface area (Å²) in [5, 5.41) is 14.0. The number of anilines is 2. The zero-order chi connectivity index (χ0) is 22.6. The monoisotopic (exact) mass is 481 g/mol. The molecule has 0 saturated carbocycles. The highest BCUT2D eigenvalue weighted by atomic mass is 32.2. The highest BCUT2D eigenvalue weighted by Crippen LogP contribution is 2.27. The summed E-state index contributed by atoms with van der Waals surface area (Å²) in [6, 6.07) is 11.4. The Balaban J connectivity index is 1.69. The third kappa shape index (κ3) is 5.60. The summed E-state index contributed by atoms with van der Waals surface area (Å²) in [5.41, 5.74) is 0.268. The number of sulfonamides is 1. The first-order chi connectivity index (χ1) is 14.6. The van der Waals surface area contributed by atoms with Crippen LogP contribution in [0.5, 0.6) is 5.75 Å². The van der Waals surface area contributed by atoms with Gasteiger partial charge in [-0.3, -0.25) is 9.52 Å². The van der Waals surface area contributed by atoms with Gasteiger partial charge in [-0.25, -0.2) is 21.8 Å². The van der Waals surface area contributed by atoms with Gasteiger partial charge in [0.25, 0.3) is 10.0 Å². The van der Waals surface area contributed by atoms with E-state index < -0.39 is 25.8 Å². The van der Waals surface area contributed by atoms with Gasteiger partial charge in [0.1, 0.15) is 5.75 Å². The molecule has 0 saturated heterocycles. The van der Waals surface area contributed by atoms with E-state index in [1.807, 2.05) is 0 Å². The van der Waals surface area contributed by atoms with Crippen molar-refractivity contribution in [3.05, 3.63) is 59.6 Å². The second kappa shape index (κ2) is 9.04. The maximum atomic E-state index is 12.3. The van der Waals surface area contributed by atoms with Crippen LogP contribution >= 0.6 is 11.3 Å². The first-order valence-corrected chi connectivity index (χ1v) is 13.0. The van der Waals surface area contributed by atoms with Gasteiger partial charge < -0.3 is 10.4 Å². The second-order valence-electron chi connectivity index (χ2n) is 6.37. The molecule has 1 amide bonds. The van der Waals surface area contributed by atoms with E-state index in [-0.39, 0.29) is 38.5 Å². The molecule has 0 fully saturated rings. The minimum atomic E-state index is -3.80. The first-order valence-electron chi connectivity index (χ1n) is 8.98. The van der Waals surface area contributed by atoms with E-state index in [1.165, 1.54) is 42.6 Å². The van der Waals surface area contributed by atoms with Gasteiger partial charge in [0.05, 0.1) is 33.3 Å². The van der Waals surface area contributed by atoms with E-state index in [2.05, 4.69) is 15.0 Å². The van der Waals surface area contributed by atoms with Crippen molar-refractivity contribution in [3.8, 4) is 5.75 Å². The number of phenols is 1. The Morgan fingerprint density at radius 3 is 2.45 bits per heavy atom. The van der Waals surface area contributed by atoms with Gasteiger partial charge >= 0.3 is 0 Å². The van der Waals surface area contributed by atoms with E-state index in [0.29, 0.717) is 5.69 Å². The number of sulfone groups is 1. The molecule has 31 heavy (non-hydrogen) atoms. The van der Waals surface area contributed by atoms with Gasteiger partial charge in [-0.05, 0) is 30.3 Å². The molecule has 0 aliphatic heterocycles. The number of nitrogens with one attached hydrogen (secondary N) is 2. The fraction of sp³-hybridized carbons (Fsp3) is 0.158. The highest BCUT2D eigenvalue weighted by Gasteiger charge is 2.18. The average molecular weight is 482 g/mol. The SMILES string of the molecule is CCS(=O)(=O)c1ccc(O)c(NC(=O)Cc2csc(NS(=O)(=O)c3ccccc3)n2)c1. The molecule has 0 aliphatic carbocycles. The van der Waals surface area contributed by atoms with Crippen molar-refractivity contribution in [1.29, 1.82) is 0 Å². The first kappa shape index (κ1) is 22.7. The predicted molar refractivity (Wildman–Crippen MR) is 118 cm³/mol. The number of thiazole rings is 1. The van der Waals surface area contributed by atoms with Gasteiger partial charge in [0.2, 0.25) is 5.91 Å². The summed E-state index contributed by atoms with van der Waals surface area (Å²) >= 11 is 1.02. The maximum Gasteiger partial charge on any atom is 0.263 e. The lowest BCUT2D eigenvalue weighted by atomic mass is 10.2. The molecule has 3 aromatic rings. The molecule has 0 spiro atoms. The third-order valence-corrected chi connectivity index (χ3v) is 8.17. The Labute approximate surface area is 183 Å². The summed E-state index contributed by atoms with van der Waals surface area (Å²) in [6.07, 6.45) is -0.201. The summed E-state index contributed by atoms with van der Waals surface area (Å²) in [5.74, 6) is -0.951. The van der Waals surface area contributed by atoms with Crippen molar-refractivity contribution in [1.82, 2.24) is 4.98 Å². The number of benzene rings is 2. The number of amides is 1. The van der Waals surface area contributed by atoms with E-state index in [9.17, 15) is 26.7 Å². The molecule has 3 rings (SSSR count). The van der Waals surface area contributed by atoms with Gasteiger partial charge in [-0.15, -0.1) is 11.3 Å². The predicted octanol–water partition coefficient (Wildman–Crippen LogP) is 2.62. The third-order valence-electron chi connectivity index (χ3n) is 4.15. The summed E-state index contributed by atoms with van der Waals surface area (Å²) < 4.78 is 51.1. The molecular formula is C19H19N3O6S3. The molecule has 164 valence electrons. The zero-order valence-corrected chi connectivity index (χ0v) is 18.7. The largest absolute Gasteiger partial charge is 0.506 e. The number of rotatable bonds is 8. The fourth-order valence-electron chi connectivity index (χ4n) is 2.54. The van der Waals surface area contributed by atoms with Crippen LogP contribution in [0.4, 0.5) is 10.8 Å². The summed E-state index contributed by atoms with van der Waals surface area (Å²) in [7, 11) is -7.30. The van der Waals surface area contributed by atoms with Crippen molar-refractivity contribution in [2.75, 3.05) is 15.8 Å². The van der Waals surface area contributed by atoms with Crippen molar-refractivity contribution in [3.63, 3.8) is 0 Å². The molecule has 9 nitrogen and oxygen atoms in total. The average Bonchev–Trinajstić information content (AvgIpc) is 3.16. The molecule has 1 heterocycles. The normalized spacial score (nSPS) is 11.8. The van der Waals surface area contributed by atoms with Crippen LogP contribution < -0.4 is 10.0 Å². The van der Waals surface area contributed by atoms with Crippen molar-refractivity contribution in [2.24, 2.45) is 0 Å². The van der Waals surface area contributed by atoms with Crippen molar-refractivity contribution in [2.45, 2.75) is 23.1 Å². The van der Waals surface area contributed by atoms with Crippen LogP contribution in [-0.2, 0) is 31.1 Å². The second-order valence-corrected chi connectivity index (χ2v) is 11.2. The van der Waals surface area contributed by atoms with Crippen LogP contribution in [0.2, 0.25) is 0 Å². The van der Waals surface area contributed by atoms with Crippen LogP contribution in [0, 0.1) is 0 Å². The number of nitrogens with zero attached hydrogens (tertiary/aromatic N) is 1. The lowest BCUT2D eigenvalue weighted by Crippen LogP contribution is -2.16. The van der Waals surface area contributed by atoms with Crippen LogP contribution in [0.3, 0.4) is 0 Å². The minimum absolute atomic E-state index is 0.0191. The molecule has 2 aromatic carbocycles. The van der Waals surface area contributed by atoms with E-state index in [0.717, 1.165) is 11.3 Å². The smallest absolute Gasteiger partial charge is 0.263 e. The molecule has 0 atom stereocenters. The van der Waals surface area contributed by atoms with E-state index in [1.54, 1.807) is 18.2 Å². The van der Waals surface area contributed by atoms with Crippen LogP contribution in [0.25, 0.3) is 0 Å². The minimum Gasteiger partial charge on any atom is -0.506 e. The van der Waals surface area contributed by atoms with E-state index >= 15 is 0 Å². The summed E-state index contributed by atoms with van der Waals surface area (Å²) in [4.78, 5) is 16.5. The van der Waals surface area contributed by atoms with Crippen LogP contribution in [0.15, 0.2) is 63.7 Å². The molecule has 3 N–H and O–H groups in total. The Morgan fingerprint density at radius 2 is 1.77 bits per heavy atom. The van der Waals surface area contributed by atoms with Crippen LogP contribution in [0.1, 0.15) is 12.6 Å². The number of carbonyl (C=O) groups is 1. The van der Waals surface area contributed by atoms with Crippen LogP contribution in [-0.4, -0.2) is 38.6 Å². The number of hydrogen-bond donors (Lipinski definition) is 3. The van der Waals surface area contributed by atoms with Gasteiger partial charge in [-0.2, -0.15) is 0 Å². The number of aromatic nitrogens is 1. The fourth-order valence-corrected chi connectivity index (χ4v) is 5.43. The van der Waals surface area contributed by atoms with Gasteiger partial charge in [0, 0.05) is 5.38 Å². The van der Waals surface area contributed by atoms with Crippen molar-refractivity contribution >= 4 is 47.9 Å². The molecule has 0 unspecified atom stereocenters. The molecule has 0 aliphatic rings. The number of phenolic OH excluding ortho intramolecular Hbond substituents is 1. The number of hydrogen-bond acceptors (Lipinski definition) is 8. The molecule has 0 bridgehead atoms. The molecule has 0 radical (unpaired) electrons. The van der Waals surface area contributed by atoms with Crippen molar-refractivity contribution < 1.29 is 26.7 Å². The Bertz CT molecular complexity index is 1300. The zero-order valence-electron chi connectivity index (χ0n) is 16.3. The quantitative estimate of drug-likeness (QED) is 0.420. The molecular weight excluding hydrogens is 462 g/mol. The van der Waals surface area contributed by atoms with Gasteiger partial charge in [0.15, 0.2) is 15.0 Å². The summed E-state index contributed by atoms with van der Waals surface area (Å²) in [6.45, 7) is 1.49. The molecule has 1 aromatic heterocycles. The number of aromatic hydroxyl groups is 1. The topological polar surface area (TPSA) is 143 Å². The molecule has 12 heteroatoms. The Kier molecular flexibility index (Phi) is 6.62. The lowest BCUT2D eigenvalue weighted by Gasteiger charge is -2.09. The standard InChI is InChI=1S/C19H19N3O6S3/c1-2-30(25,26)15-8-9-17(23)16(11-15)21-18(24)10-13-12-29-19(20-13)22-31(27,28)14-6-4-3-5-7-14/h3-9,11-12,23H,2,10H2,1H3,(H,20,22)(H,21,24). The Morgan fingerprint density at radius 1 is 1.06 bits per heavy atom. The lowest BCUT2D eigenvalue weighted by molar-refractivity contribution is -0.115.